The number of allylic oxidation sites excluding steroid dienone is 3. The Labute approximate surface area is 134 Å². The van der Waals surface area contributed by atoms with Gasteiger partial charge in [-0.25, -0.2) is 0 Å². The summed E-state index contributed by atoms with van der Waals surface area (Å²) in [5.74, 6) is 0.463. The highest BCUT2D eigenvalue weighted by Crippen LogP contribution is 2.33. The maximum absolute atomic E-state index is 9.35. The normalized spacial score (nSPS) is 19.5. The summed E-state index contributed by atoms with van der Waals surface area (Å²) in [5.41, 5.74) is 2.63. The van der Waals surface area contributed by atoms with Gasteiger partial charge < -0.3 is 5.11 Å². The molecule has 1 unspecified atom stereocenters. The fourth-order valence-corrected chi connectivity index (χ4v) is 3.17. The number of hydrogen-bond acceptors (Lipinski definition) is 2. The van der Waals surface area contributed by atoms with Crippen molar-refractivity contribution in [1.82, 2.24) is 4.90 Å². The van der Waals surface area contributed by atoms with E-state index in [0.29, 0.717) is 12.5 Å². The number of likely N-dealkylation sites (tertiary alicyclic amines) is 1. The van der Waals surface area contributed by atoms with Crippen molar-refractivity contribution >= 4 is 0 Å². The van der Waals surface area contributed by atoms with Gasteiger partial charge in [-0.3, -0.25) is 4.90 Å². The van der Waals surface area contributed by atoms with Crippen molar-refractivity contribution in [1.29, 1.82) is 0 Å². The summed E-state index contributed by atoms with van der Waals surface area (Å²) in [6.07, 6.45) is 10.3. The highest BCUT2D eigenvalue weighted by Gasteiger charge is 2.27. The number of aliphatic hydroxyl groups is 1. The van der Waals surface area contributed by atoms with Gasteiger partial charge in [0.05, 0.1) is 6.04 Å². The van der Waals surface area contributed by atoms with Crippen molar-refractivity contribution in [3.8, 4) is 0 Å². The predicted octanol–water partition coefficient (Wildman–Crippen LogP) is 4.12. The average Bonchev–Trinajstić information content (AvgIpc) is 2.59. The Morgan fingerprint density at radius 3 is 2.55 bits per heavy atom. The Bertz CT molecular complexity index is 510. The van der Waals surface area contributed by atoms with E-state index in [2.05, 4.69) is 60.9 Å². The van der Waals surface area contributed by atoms with E-state index in [1.165, 1.54) is 11.1 Å². The van der Waals surface area contributed by atoms with Crippen molar-refractivity contribution in [2.45, 2.75) is 25.8 Å². The molecule has 1 N–H and O–H groups in total. The van der Waals surface area contributed by atoms with Crippen LogP contribution < -0.4 is 0 Å². The number of benzene rings is 1. The van der Waals surface area contributed by atoms with Crippen LogP contribution in [-0.4, -0.2) is 29.7 Å². The Hall–Kier alpha value is -1.64. The van der Waals surface area contributed by atoms with Crippen molar-refractivity contribution < 1.29 is 5.11 Å². The zero-order valence-corrected chi connectivity index (χ0v) is 13.5. The summed E-state index contributed by atoms with van der Waals surface area (Å²) < 4.78 is 0. The summed E-state index contributed by atoms with van der Waals surface area (Å²) >= 11 is 0. The van der Waals surface area contributed by atoms with E-state index in [1.807, 2.05) is 12.2 Å². The lowest BCUT2D eigenvalue weighted by molar-refractivity contribution is 0.112. The van der Waals surface area contributed by atoms with Crippen LogP contribution in [0.1, 0.15) is 31.4 Å². The third-order valence-corrected chi connectivity index (χ3v) is 4.46. The maximum atomic E-state index is 9.35. The van der Waals surface area contributed by atoms with E-state index in [4.69, 9.17) is 0 Å². The van der Waals surface area contributed by atoms with E-state index in [0.717, 1.165) is 25.9 Å². The predicted molar refractivity (Wildman–Crippen MR) is 93.7 cm³/mol. The zero-order chi connectivity index (χ0) is 15.8. The van der Waals surface area contributed by atoms with Crippen molar-refractivity contribution in [3.63, 3.8) is 0 Å². The fraction of sp³-hybridized carbons (Fsp3) is 0.400. The molecule has 0 amide bonds. The second-order valence-electron chi connectivity index (χ2n) is 5.86. The molecule has 1 fully saturated rings. The lowest BCUT2D eigenvalue weighted by atomic mass is 9.91. The van der Waals surface area contributed by atoms with E-state index >= 15 is 0 Å². The van der Waals surface area contributed by atoms with Crippen molar-refractivity contribution in [2.75, 3.05) is 19.7 Å². The van der Waals surface area contributed by atoms with Gasteiger partial charge in [-0.2, -0.15) is 0 Å². The number of nitrogens with zero attached hydrogens (tertiary/aromatic N) is 1. The van der Waals surface area contributed by atoms with Crippen LogP contribution in [0.4, 0.5) is 0 Å². The molecule has 0 bridgehead atoms. The molecule has 0 saturated carbocycles. The van der Waals surface area contributed by atoms with Crippen LogP contribution in [0.3, 0.4) is 0 Å². The number of hydrogen-bond donors (Lipinski definition) is 1. The van der Waals surface area contributed by atoms with E-state index in [9.17, 15) is 5.11 Å². The molecule has 2 nitrogen and oxygen atoms in total. The minimum atomic E-state index is 0.280. The first-order valence-corrected chi connectivity index (χ1v) is 8.15. The Morgan fingerprint density at radius 1 is 1.32 bits per heavy atom. The van der Waals surface area contributed by atoms with Gasteiger partial charge in [-0.05, 0) is 49.9 Å². The van der Waals surface area contributed by atoms with Gasteiger partial charge in [-0.1, -0.05) is 61.2 Å². The largest absolute Gasteiger partial charge is 0.396 e. The van der Waals surface area contributed by atoms with Gasteiger partial charge in [0.25, 0.3) is 0 Å². The highest BCUT2D eigenvalue weighted by atomic mass is 16.3. The molecule has 0 spiro atoms. The standard InChI is InChI=1S/C20H27NO/c1-3-5-9-18(4-2)20(19-10-7-6-8-11-19)21-14-12-17(16-22)13-15-21/h3-11,17,20,22H,1,12-16H2,2H3. The minimum Gasteiger partial charge on any atom is -0.396 e. The molecule has 2 rings (SSSR count). The van der Waals surface area contributed by atoms with Crippen LogP contribution in [0.25, 0.3) is 0 Å². The number of aliphatic hydroxyl groups excluding tert-OH is 1. The van der Waals surface area contributed by atoms with Gasteiger partial charge >= 0.3 is 0 Å². The Kier molecular flexibility index (Phi) is 6.63. The molecule has 1 aromatic carbocycles. The maximum Gasteiger partial charge on any atom is 0.0598 e. The minimum absolute atomic E-state index is 0.280. The number of piperidine rings is 1. The molecule has 1 atom stereocenters. The van der Waals surface area contributed by atoms with Crippen LogP contribution in [0.15, 0.2) is 66.8 Å². The van der Waals surface area contributed by atoms with E-state index in [-0.39, 0.29) is 6.04 Å². The van der Waals surface area contributed by atoms with Gasteiger partial charge in [0.15, 0.2) is 0 Å². The monoisotopic (exact) mass is 297 g/mol. The molecule has 0 aromatic heterocycles. The molecule has 22 heavy (non-hydrogen) atoms. The SMILES string of the molecule is C=CC=CC(=CC)C(c1ccccc1)N1CCC(CO)CC1. The van der Waals surface area contributed by atoms with Crippen LogP contribution in [0, 0.1) is 5.92 Å². The Morgan fingerprint density at radius 2 is 2.00 bits per heavy atom. The third-order valence-electron chi connectivity index (χ3n) is 4.46. The van der Waals surface area contributed by atoms with Crippen LogP contribution in [-0.2, 0) is 0 Å². The first-order chi connectivity index (χ1) is 10.8. The topological polar surface area (TPSA) is 23.5 Å². The Balaban J connectivity index is 2.26. The molecule has 118 valence electrons. The van der Waals surface area contributed by atoms with Gasteiger partial charge in [0, 0.05) is 6.61 Å². The van der Waals surface area contributed by atoms with E-state index < -0.39 is 0 Å². The summed E-state index contributed by atoms with van der Waals surface area (Å²) in [5, 5.41) is 9.35. The van der Waals surface area contributed by atoms with Gasteiger partial charge in [0.2, 0.25) is 0 Å². The lowest BCUT2D eigenvalue weighted by Crippen LogP contribution is -2.38. The molecule has 1 aliphatic rings. The second-order valence-corrected chi connectivity index (χ2v) is 5.86. The van der Waals surface area contributed by atoms with Crippen LogP contribution >= 0.6 is 0 Å². The van der Waals surface area contributed by atoms with Crippen LogP contribution in [0.2, 0.25) is 0 Å². The van der Waals surface area contributed by atoms with Gasteiger partial charge in [-0.15, -0.1) is 0 Å². The van der Waals surface area contributed by atoms with Crippen LogP contribution in [0.5, 0.6) is 0 Å². The second kappa shape index (κ2) is 8.72. The first kappa shape index (κ1) is 16.7. The molecule has 1 aromatic rings. The number of rotatable bonds is 6. The van der Waals surface area contributed by atoms with Crippen molar-refractivity contribution in [2.24, 2.45) is 5.92 Å². The molecular formula is C20H27NO. The average molecular weight is 297 g/mol. The smallest absolute Gasteiger partial charge is 0.0598 e. The molecule has 1 saturated heterocycles. The molecule has 2 heteroatoms. The third kappa shape index (κ3) is 4.19. The highest BCUT2D eigenvalue weighted by molar-refractivity contribution is 5.35. The molecular weight excluding hydrogens is 270 g/mol. The van der Waals surface area contributed by atoms with E-state index in [1.54, 1.807) is 0 Å². The lowest BCUT2D eigenvalue weighted by Gasteiger charge is -2.38. The molecule has 0 aliphatic carbocycles. The quantitative estimate of drug-likeness (QED) is 0.798. The molecule has 1 heterocycles. The summed E-state index contributed by atoms with van der Waals surface area (Å²) in [4.78, 5) is 2.53. The summed E-state index contributed by atoms with van der Waals surface area (Å²) in [6.45, 7) is 8.25. The van der Waals surface area contributed by atoms with Gasteiger partial charge in [0.1, 0.15) is 0 Å². The first-order valence-electron chi connectivity index (χ1n) is 8.15. The molecule has 1 aliphatic heterocycles. The fourth-order valence-electron chi connectivity index (χ4n) is 3.17. The summed E-state index contributed by atoms with van der Waals surface area (Å²) in [7, 11) is 0. The van der Waals surface area contributed by atoms with Crippen molar-refractivity contribution in [3.05, 3.63) is 72.4 Å². The molecule has 0 radical (unpaired) electrons. The summed E-state index contributed by atoms with van der Waals surface area (Å²) in [6, 6.07) is 11.0. The zero-order valence-electron chi connectivity index (χ0n) is 13.5.